The van der Waals surface area contributed by atoms with Crippen molar-refractivity contribution in [3.63, 3.8) is 0 Å². The van der Waals surface area contributed by atoms with Gasteiger partial charge in [-0.1, -0.05) is 0 Å². The molecule has 0 aromatic heterocycles. The van der Waals surface area contributed by atoms with Gasteiger partial charge in [-0.25, -0.2) is 0 Å². The number of hydrogen-bond donors (Lipinski definition) is 1. The molecule has 90 valence electrons. The van der Waals surface area contributed by atoms with Crippen LogP contribution in [0.1, 0.15) is 19.3 Å². The van der Waals surface area contributed by atoms with E-state index in [0.29, 0.717) is 26.1 Å². The van der Waals surface area contributed by atoms with Gasteiger partial charge in [0.2, 0.25) is 5.91 Å². The summed E-state index contributed by atoms with van der Waals surface area (Å²) < 4.78 is 0. The lowest BCUT2D eigenvalue weighted by atomic mass is 10.1. The maximum absolute atomic E-state index is 11.7. The number of carbonyl (C=O) groups excluding carboxylic acids is 1. The normalized spacial score (nSPS) is 21.4. The van der Waals surface area contributed by atoms with E-state index < -0.39 is 0 Å². The van der Waals surface area contributed by atoms with Crippen LogP contribution in [-0.4, -0.2) is 60.1 Å². The smallest absolute Gasteiger partial charge is 0.236 e. The second-order valence-corrected chi connectivity index (χ2v) is 4.25. The fourth-order valence-electron chi connectivity index (χ4n) is 1.83. The van der Waals surface area contributed by atoms with Gasteiger partial charge in [0.25, 0.3) is 0 Å². The maximum atomic E-state index is 11.7. The van der Waals surface area contributed by atoms with Gasteiger partial charge in [0.05, 0.1) is 25.1 Å². The molecule has 1 unspecified atom stereocenters. The average Bonchev–Trinajstić information content (AvgIpc) is 2.25. The van der Waals surface area contributed by atoms with Gasteiger partial charge in [0, 0.05) is 20.1 Å². The molecular formula is C11H19N3O2. The Hall–Kier alpha value is -1.12. The first-order valence-corrected chi connectivity index (χ1v) is 5.65. The lowest BCUT2D eigenvalue weighted by molar-refractivity contribution is -0.131. The molecule has 5 nitrogen and oxygen atoms in total. The van der Waals surface area contributed by atoms with E-state index in [1.807, 2.05) is 11.0 Å². The predicted octanol–water partition coefficient (Wildman–Crippen LogP) is -0.185. The van der Waals surface area contributed by atoms with Crippen molar-refractivity contribution < 1.29 is 9.90 Å². The molecule has 0 aliphatic carbocycles. The van der Waals surface area contributed by atoms with Crippen LogP contribution in [0.4, 0.5) is 0 Å². The number of carbonyl (C=O) groups is 1. The van der Waals surface area contributed by atoms with Crippen LogP contribution in [0, 0.1) is 11.3 Å². The summed E-state index contributed by atoms with van der Waals surface area (Å²) in [5.74, 6) is 0.0179. The lowest BCUT2D eigenvalue weighted by Crippen LogP contribution is -2.44. The van der Waals surface area contributed by atoms with Gasteiger partial charge >= 0.3 is 0 Å². The molecule has 1 aliphatic heterocycles. The minimum absolute atomic E-state index is 0.0179. The van der Waals surface area contributed by atoms with Crippen molar-refractivity contribution in [1.82, 2.24) is 9.80 Å². The molecule has 0 aromatic rings. The van der Waals surface area contributed by atoms with E-state index in [9.17, 15) is 9.90 Å². The summed E-state index contributed by atoms with van der Waals surface area (Å²) in [6.07, 6.45) is 1.84. The molecule has 1 N–H and O–H groups in total. The summed E-state index contributed by atoms with van der Waals surface area (Å²) in [7, 11) is 1.71. The Morgan fingerprint density at radius 1 is 1.69 bits per heavy atom. The number of hydrogen-bond acceptors (Lipinski definition) is 4. The second-order valence-electron chi connectivity index (χ2n) is 4.25. The molecule has 1 saturated heterocycles. The SMILES string of the molecule is CN(CCC#N)C(=O)CN1CCCC(O)C1. The zero-order valence-electron chi connectivity index (χ0n) is 9.72. The standard InChI is InChI=1S/C11H19N3O2/c1-13(6-3-5-12)11(16)9-14-7-2-4-10(15)8-14/h10,15H,2-4,6-9H2,1H3. The third-order valence-electron chi connectivity index (χ3n) is 2.82. The van der Waals surface area contributed by atoms with Gasteiger partial charge in [0.15, 0.2) is 0 Å². The van der Waals surface area contributed by atoms with Crippen LogP contribution >= 0.6 is 0 Å². The predicted molar refractivity (Wildman–Crippen MR) is 59.5 cm³/mol. The number of nitriles is 1. The summed E-state index contributed by atoms with van der Waals surface area (Å²) in [6.45, 7) is 2.28. The number of rotatable bonds is 4. The molecule has 1 heterocycles. The minimum atomic E-state index is -0.300. The first kappa shape index (κ1) is 12.9. The van der Waals surface area contributed by atoms with Crippen molar-refractivity contribution >= 4 is 5.91 Å². The van der Waals surface area contributed by atoms with Crippen molar-refractivity contribution in [3.8, 4) is 6.07 Å². The zero-order valence-corrected chi connectivity index (χ0v) is 9.72. The maximum Gasteiger partial charge on any atom is 0.236 e. The lowest BCUT2D eigenvalue weighted by Gasteiger charge is -2.30. The molecule has 0 bridgehead atoms. The highest BCUT2D eigenvalue weighted by atomic mass is 16.3. The number of aliphatic hydroxyl groups excluding tert-OH is 1. The van der Waals surface area contributed by atoms with Crippen LogP contribution in [0.25, 0.3) is 0 Å². The highest BCUT2D eigenvalue weighted by molar-refractivity contribution is 5.78. The third-order valence-corrected chi connectivity index (χ3v) is 2.82. The largest absolute Gasteiger partial charge is 0.392 e. The molecule has 1 aliphatic rings. The number of amides is 1. The molecule has 1 atom stereocenters. The zero-order chi connectivity index (χ0) is 12.0. The van der Waals surface area contributed by atoms with E-state index in [4.69, 9.17) is 5.26 Å². The minimum Gasteiger partial charge on any atom is -0.392 e. The number of piperidine rings is 1. The molecule has 0 radical (unpaired) electrons. The fraction of sp³-hybridized carbons (Fsp3) is 0.818. The van der Waals surface area contributed by atoms with Gasteiger partial charge in [-0.15, -0.1) is 0 Å². The fourth-order valence-corrected chi connectivity index (χ4v) is 1.83. The van der Waals surface area contributed by atoms with Gasteiger partial charge in [-0.05, 0) is 19.4 Å². The molecule has 1 fully saturated rings. The molecule has 16 heavy (non-hydrogen) atoms. The molecule has 1 rings (SSSR count). The van der Waals surface area contributed by atoms with Crippen LogP contribution < -0.4 is 0 Å². The summed E-state index contributed by atoms with van der Waals surface area (Å²) in [5, 5.41) is 17.9. The quantitative estimate of drug-likeness (QED) is 0.720. The highest BCUT2D eigenvalue weighted by Gasteiger charge is 2.20. The van der Waals surface area contributed by atoms with Gasteiger partial charge in [-0.2, -0.15) is 5.26 Å². The van der Waals surface area contributed by atoms with Gasteiger partial charge in [-0.3, -0.25) is 9.69 Å². The first-order chi connectivity index (χ1) is 7.63. The van der Waals surface area contributed by atoms with E-state index in [2.05, 4.69) is 0 Å². The van der Waals surface area contributed by atoms with Crippen molar-refractivity contribution in [3.05, 3.63) is 0 Å². The molecule has 5 heteroatoms. The molecule has 0 aromatic carbocycles. The Morgan fingerprint density at radius 2 is 2.44 bits per heavy atom. The number of nitrogens with zero attached hydrogens (tertiary/aromatic N) is 3. The Bertz CT molecular complexity index is 275. The van der Waals surface area contributed by atoms with E-state index in [1.54, 1.807) is 11.9 Å². The van der Waals surface area contributed by atoms with Crippen LogP contribution in [0.15, 0.2) is 0 Å². The van der Waals surface area contributed by atoms with Crippen LogP contribution in [0.5, 0.6) is 0 Å². The van der Waals surface area contributed by atoms with Gasteiger partial charge in [0.1, 0.15) is 0 Å². The van der Waals surface area contributed by atoms with Crippen LogP contribution in [-0.2, 0) is 4.79 Å². The topological polar surface area (TPSA) is 67.6 Å². The monoisotopic (exact) mass is 225 g/mol. The molecule has 0 saturated carbocycles. The summed E-state index contributed by atoms with van der Waals surface area (Å²) in [5.41, 5.74) is 0. The van der Waals surface area contributed by atoms with Crippen molar-refractivity contribution in [2.24, 2.45) is 0 Å². The van der Waals surface area contributed by atoms with Crippen LogP contribution in [0.3, 0.4) is 0 Å². The number of aliphatic hydroxyl groups is 1. The highest BCUT2D eigenvalue weighted by Crippen LogP contribution is 2.09. The van der Waals surface area contributed by atoms with E-state index in [0.717, 1.165) is 19.4 Å². The van der Waals surface area contributed by atoms with Crippen molar-refractivity contribution in [2.45, 2.75) is 25.4 Å². The Balaban J connectivity index is 2.30. The third kappa shape index (κ3) is 4.17. The average molecular weight is 225 g/mol. The van der Waals surface area contributed by atoms with E-state index in [1.165, 1.54) is 0 Å². The molecule has 1 amide bonds. The second kappa shape index (κ2) is 6.46. The molecule has 0 spiro atoms. The summed E-state index contributed by atoms with van der Waals surface area (Å²) >= 11 is 0. The van der Waals surface area contributed by atoms with Crippen molar-refractivity contribution in [2.75, 3.05) is 33.2 Å². The number of likely N-dealkylation sites (N-methyl/N-ethyl adjacent to an activating group) is 1. The first-order valence-electron chi connectivity index (χ1n) is 5.65. The van der Waals surface area contributed by atoms with E-state index in [-0.39, 0.29) is 12.0 Å². The number of β-amino-alcohol motifs (C(OH)–C–C–N with tert-alkyl or cyclic N) is 1. The Morgan fingerprint density at radius 3 is 3.06 bits per heavy atom. The van der Waals surface area contributed by atoms with E-state index >= 15 is 0 Å². The van der Waals surface area contributed by atoms with Gasteiger partial charge < -0.3 is 10.0 Å². The Kier molecular flexibility index (Phi) is 5.23. The Labute approximate surface area is 96.3 Å². The molecular weight excluding hydrogens is 206 g/mol. The summed E-state index contributed by atoms with van der Waals surface area (Å²) in [6, 6.07) is 2.02. The van der Waals surface area contributed by atoms with Crippen LogP contribution in [0.2, 0.25) is 0 Å². The number of likely N-dealkylation sites (tertiary alicyclic amines) is 1. The summed E-state index contributed by atoms with van der Waals surface area (Å²) in [4.78, 5) is 15.3. The van der Waals surface area contributed by atoms with Crippen molar-refractivity contribution in [1.29, 1.82) is 5.26 Å².